The Morgan fingerprint density at radius 2 is 1.93 bits per heavy atom. The molecule has 0 saturated heterocycles. The Bertz CT molecular complexity index is 1230. The van der Waals surface area contributed by atoms with Crippen molar-refractivity contribution < 1.29 is 38.2 Å². The van der Waals surface area contributed by atoms with Crippen molar-refractivity contribution in [3.8, 4) is 5.75 Å². The van der Waals surface area contributed by atoms with Crippen molar-refractivity contribution in [3.63, 3.8) is 0 Å². The van der Waals surface area contributed by atoms with Gasteiger partial charge in [0.15, 0.2) is 18.2 Å². The maximum Gasteiger partial charge on any atom is 0.494 e. The summed E-state index contributed by atoms with van der Waals surface area (Å²) in [6.07, 6.45) is 2.86. The summed E-state index contributed by atoms with van der Waals surface area (Å²) in [5, 5.41) is 22.1. The predicted molar refractivity (Wildman–Crippen MR) is 161 cm³/mol. The second kappa shape index (κ2) is 12.1. The number of esters is 1. The average molecular weight is 602 g/mol. The molecule has 3 saturated carbocycles. The van der Waals surface area contributed by atoms with E-state index in [4.69, 9.17) is 14.1 Å². The third-order valence-electron chi connectivity index (χ3n) is 12.3. The molecule has 1 heterocycles. The fraction of sp³-hybridized carbons (Fsp3) is 0.758. The van der Waals surface area contributed by atoms with Crippen LogP contribution in [0.1, 0.15) is 85.6 Å². The first-order valence-electron chi connectivity index (χ1n) is 16.2. The molecule has 0 unspecified atom stereocenters. The minimum Gasteiger partial charge on any atom is -0.479 e. The first-order valence-corrected chi connectivity index (χ1v) is 16.2. The molecule has 8 atom stereocenters. The summed E-state index contributed by atoms with van der Waals surface area (Å²) in [6, 6.07) is 3.04. The van der Waals surface area contributed by atoms with Crippen molar-refractivity contribution in [1.29, 1.82) is 0 Å². The van der Waals surface area contributed by atoms with Crippen molar-refractivity contribution in [2.75, 3.05) is 26.2 Å². The zero-order valence-electron chi connectivity index (χ0n) is 26.7. The molecule has 0 spiro atoms. The maximum atomic E-state index is 15.1. The number of halogens is 1. The number of fused-ring (bicyclic) bond motifs is 1. The Hall–Kier alpha value is -2.01. The van der Waals surface area contributed by atoms with Gasteiger partial charge in [-0.25, -0.2) is 9.18 Å². The number of hydrogen-bond donors (Lipinski definition) is 2. The molecule has 0 amide bonds. The van der Waals surface area contributed by atoms with Crippen LogP contribution in [0.2, 0.25) is 0 Å². The first-order chi connectivity index (χ1) is 20.3. The molecule has 4 aliphatic rings. The monoisotopic (exact) mass is 601 g/mol. The van der Waals surface area contributed by atoms with Crippen LogP contribution in [0.3, 0.4) is 0 Å². The topological polar surface area (TPSA) is 106 Å². The van der Waals surface area contributed by atoms with Crippen molar-refractivity contribution in [2.24, 2.45) is 34.0 Å². The molecule has 43 heavy (non-hydrogen) atoms. The summed E-state index contributed by atoms with van der Waals surface area (Å²) in [6.45, 7) is 15.0. The minimum atomic E-state index is -1.37. The van der Waals surface area contributed by atoms with Crippen molar-refractivity contribution in [2.45, 2.75) is 98.9 Å². The number of carbonyl (C=O) groups is 2. The number of aliphatic hydroxyl groups excluding tert-OH is 1. The summed E-state index contributed by atoms with van der Waals surface area (Å²) in [4.78, 5) is 29.5. The van der Waals surface area contributed by atoms with Crippen molar-refractivity contribution in [1.82, 2.24) is 4.90 Å². The largest absolute Gasteiger partial charge is 0.494 e. The van der Waals surface area contributed by atoms with E-state index in [2.05, 4.69) is 46.4 Å². The Kier molecular flexibility index (Phi) is 9.09. The molecule has 2 bridgehead atoms. The lowest BCUT2D eigenvalue weighted by Gasteiger charge is -2.62. The lowest BCUT2D eigenvalue weighted by molar-refractivity contribution is -0.213. The number of nitrogens with zero attached hydrogens (tertiary/aromatic N) is 1. The zero-order valence-corrected chi connectivity index (χ0v) is 26.7. The molecule has 238 valence electrons. The molecule has 0 radical (unpaired) electrons. The van der Waals surface area contributed by atoms with Crippen LogP contribution in [-0.2, 0) is 25.6 Å². The lowest BCUT2D eigenvalue weighted by Crippen LogP contribution is -2.63. The summed E-state index contributed by atoms with van der Waals surface area (Å²) in [7, 11) is -1.37. The number of ketones is 1. The Morgan fingerprint density at radius 3 is 2.63 bits per heavy atom. The Morgan fingerprint density at radius 1 is 1.21 bits per heavy atom. The van der Waals surface area contributed by atoms with E-state index >= 15 is 4.39 Å². The number of carbonyl (C=O) groups excluding carboxylic acids is 2. The van der Waals surface area contributed by atoms with E-state index in [9.17, 15) is 19.7 Å². The van der Waals surface area contributed by atoms with Gasteiger partial charge in [0.2, 0.25) is 0 Å². The Labute approximate surface area is 255 Å². The van der Waals surface area contributed by atoms with Gasteiger partial charge in [0.1, 0.15) is 11.9 Å². The highest BCUT2D eigenvalue weighted by molar-refractivity contribution is 6.61. The fourth-order valence-electron chi connectivity index (χ4n) is 9.26. The van der Waals surface area contributed by atoms with Gasteiger partial charge >= 0.3 is 13.1 Å². The van der Waals surface area contributed by atoms with E-state index < -0.39 is 48.5 Å². The molecule has 0 aromatic heterocycles. The van der Waals surface area contributed by atoms with Gasteiger partial charge in [-0.05, 0) is 86.0 Å². The van der Waals surface area contributed by atoms with Crippen LogP contribution in [0.5, 0.6) is 5.75 Å². The van der Waals surface area contributed by atoms with Gasteiger partial charge in [-0.15, -0.1) is 0 Å². The molecule has 2 N–H and O–H groups in total. The number of hydrogen-bond acceptors (Lipinski definition) is 8. The van der Waals surface area contributed by atoms with Gasteiger partial charge in [0.05, 0.1) is 12.7 Å². The van der Waals surface area contributed by atoms with Gasteiger partial charge in [-0.3, -0.25) is 4.79 Å². The van der Waals surface area contributed by atoms with E-state index in [0.717, 1.165) is 45.3 Å². The summed E-state index contributed by atoms with van der Waals surface area (Å²) in [5.74, 6) is -1.61. The summed E-state index contributed by atoms with van der Waals surface area (Å²) >= 11 is 0. The van der Waals surface area contributed by atoms with Crippen LogP contribution in [0.25, 0.3) is 0 Å². The molecule has 1 aromatic carbocycles. The van der Waals surface area contributed by atoms with Crippen LogP contribution in [0.15, 0.2) is 12.1 Å². The standard InChI is InChI=1S/C33H49BFNO7/c1-7-36(8-2)16-15-31(5)17-25(43-26(38)19-41-24-10-9-22-18-42-34(40)27(22)28(24)35)32(6)20(3)11-13-33(21(4)30(31)39)14-12-23(37)29(32)33/h9-10,20-21,25,29-30,39-40H,7-8,11-19H2,1-6H3/t20-,21+,25-,29+,30+,31-,32+,33+/m1/s1. The number of rotatable bonds is 9. The van der Waals surface area contributed by atoms with E-state index in [1.165, 1.54) is 6.07 Å². The van der Waals surface area contributed by atoms with Crippen LogP contribution >= 0.6 is 0 Å². The smallest absolute Gasteiger partial charge is 0.479 e. The quantitative estimate of drug-likeness (QED) is 0.325. The second-order valence-electron chi connectivity index (χ2n) is 14.2. The molecule has 5 rings (SSSR count). The number of Topliss-reactive ketones (excluding diaryl/α,β-unsaturated/α-hetero) is 1. The maximum absolute atomic E-state index is 15.1. The van der Waals surface area contributed by atoms with Gasteiger partial charge in [0, 0.05) is 23.2 Å². The summed E-state index contributed by atoms with van der Waals surface area (Å²) < 4.78 is 32.1. The van der Waals surface area contributed by atoms with E-state index in [1.807, 2.05) is 0 Å². The first kappa shape index (κ1) is 32.4. The average Bonchev–Trinajstić information content (AvgIpc) is 3.54. The lowest BCUT2D eigenvalue weighted by atomic mass is 9.43. The summed E-state index contributed by atoms with van der Waals surface area (Å²) in [5.41, 5.74) is -0.954. The molecule has 8 nitrogen and oxygen atoms in total. The van der Waals surface area contributed by atoms with Crippen LogP contribution in [0.4, 0.5) is 4.39 Å². The van der Waals surface area contributed by atoms with E-state index in [0.29, 0.717) is 18.4 Å². The van der Waals surface area contributed by atoms with Crippen LogP contribution < -0.4 is 10.2 Å². The normalized spacial score (nSPS) is 37.1. The second-order valence-corrected chi connectivity index (χ2v) is 14.2. The number of aliphatic hydroxyl groups is 1. The SMILES string of the molecule is CCN(CC)CC[C@]1(C)C[C@@H](OC(=O)COc2ccc3c(c2F)B(O)OC3)[C@]2(C)[C@H](C)CC[C@]3(CCC(=O)[C@H]32)[C@@H](C)[C@@H]1O. The molecule has 3 aliphatic carbocycles. The van der Waals surface area contributed by atoms with E-state index in [-0.39, 0.29) is 46.8 Å². The fourth-order valence-corrected chi connectivity index (χ4v) is 9.26. The minimum absolute atomic E-state index is 0.0255. The molecule has 3 fully saturated rings. The highest BCUT2D eigenvalue weighted by Gasteiger charge is 2.68. The highest BCUT2D eigenvalue weighted by Crippen LogP contribution is 2.68. The third kappa shape index (κ3) is 5.34. The molecule has 1 aliphatic heterocycles. The third-order valence-corrected chi connectivity index (χ3v) is 12.3. The van der Waals surface area contributed by atoms with Crippen molar-refractivity contribution in [3.05, 3.63) is 23.5 Å². The van der Waals surface area contributed by atoms with Crippen LogP contribution in [-0.4, -0.2) is 72.4 Å². The predicted octanol–water partition coefficient (Wildman–Crippen LogP) is 3.87. The van der Waals surface area contributed by atoms with Crippen LogP contribution in [0, 0.1) is 39.8 Å². The van der Waals surface area contributed by atoms with Gasteiger partial charge in [-0.2, -0.15) is 0 Å². The Balaban J connectivity index is 1.45. The van der Waals surface area contributed by atoms with Gasteiger partial charge in [-0.1, -0.05) is 47.6 Å². The number of benzene rings is 1. The molecule has 10 heteroatoms. The highest BCUT2D eigenvalue weighted by atomic mass is 19.1. The molecular formula is C33H49BFNO7. The zero-order chi connectivity index (χ0) is 31.3. The molecular weight excluding hydrogens is 552 g/mol. The van der Waals surface area contributed by atoms with E-state index in [1.54, 1.807) is 6.07 Å². The number of ether oxygens (including phenoxy) is 2. The van der Waals surface area contributed by atoms with Gasteiger partial charge in [0.25, 0.3) is 0 Å². The van der Waals surface area contributed by atoms with Gasteiger partial charge < -0.3 is 29.2 Å². The molecule has 1 aromatic rings. The van der Waals surface area contributed by atoms with Crippen molar-refractivity contribution >= 4 is 24.3 Å².